The van der Waals surface area contributed by atoms with Gasteiger partial charge < -0.3 is 20.1 Å². The Labute approximate surface area is 193 Å². The predicted octanol–water partition coefficient (Wildman–Crippen LogP) is 2.81. The van der Waals surface area contributed by atoms with E-state index in [0.29, 0.717) is 12.6 Å². The summed E-state index contributed by atoms with van der Waals surface area (Å²) >= 11 is 0. The van der Waals surface area contributed by atoms with Crippen molar-refractivity contribution in [1.29, 1.82) is 0 Å². The van der Waals surface area contributed by atoms with Crippen LogP contribution in [0.1, 0.15) is 11.1 Å². The number of nitrogens with zero attached hydrogens (tertiary/aromatic N) is 3. The van der Waals surface area contributed by atoms with E-state index in [-0.39, 0.29) is 35.8 Å². The van der Waals surface area contributed by atoms with E-state index in [9.17, 15) is 9.50 Å². The number of fused-ring (bicyclic) bond motifs is 1. The SMILES string of the molecule is CN=C(NCc1ccc(O)c(F)c1)N1CC2OCCN(Cc3ccccc3)C2C1.I. The number of rotatable bonds is 4. The van der Waals surface area contributed by atoms with Gasteiger partial charge in [-0.25, -0.2) is 4.39 Å². The molecule has 2 heterocycles. The van der Waals surface area contributed by atoms with Gasteiger partial charge in [-0.15, -0.1) is 24.0 Å². The van der Waals surface area contributed by atoms with Crippen molar-refractivity contribution in [1.82, 2.24) is 15.1 Å². The molecule has 0 radical (unpaired) electrons. The van der Waals surface area contributed by atoms with Gasteiger partial charge in [0.1, 0.15) is 0 Å². The van der Waals surface area contributed by atoms with E-state index in [4.69, 9.17) is 4.74 Å². The molecule has 2 fully saturated rings. The Bertz CT molecular complexity index is 867. The summed E-state index contributed by atoms with van der Waals surface area (Å²) in [6.07, 6.45) is 0.150. The zero-order chi connectivity index (χ0) is 20.2. The first-order chi connectivity index (χ1) is 14.1. The minimum atomic E-state index is -0.614. The Kier molecular flexibility index (Phi) is 7.90. The fraction of sp³-hybridized carbons (Fsp3) is 0.409. The van der Waals surface area contributed by atoms with E-state index < -0.39 is 5.82 Å². The molecule has 0 saturated carbocycles. The third-order valence-electron chi connectivity index (χ3n) is 5.62. The summed E-state index contributed by atoms with van der Waals surface area (Å²) in [5.74, 6) is -0.176. The molecule has 2 aromatic rings. The van der Waals surface area contributed by atoms with Gasteiger partial charge in [0, 0.05) is 39.8 Å². The smallest absolute Gasteiger partial charge is 0.194 e. The number of likely N-dealkylation sites (tertiary alicyclic amines) is 1. The van der Waals surface area contributed by atoms with E-state index in [2.05, 4.69) is 44.4 Å². The number of hydrogen-bond acceptors (Lipinski definition) is 4. The first-order valence-electron chi connectivity index (χ1n) is 9.96. The molecule has 4 rings (SSSR count). The van der Waals surface area contributed by atoms with Gasteiger partial charge in [0.05, 0.1) is 18.8 Å². The van der Waals surface area contributed by atoms with Gasteiger partial charge in [0.15, 0.2) is 17.5 Å². The molecular weight excluding hydrogens is 498 g/mol. The number of aromatic hydroxyl groups is 1. The Hall–Kier alpha value is -1.91. The van der Waals surface area contributed by atoms with Gasteiger partial charge in [-0.1, -0.05) is 36.4 Å². The molecule has 2 aliphatic heterocycles. The van der Waals surface area contributed by atoms with Crippen molar-refractivity contribution in [3.63, 3.8) is 0 Å². The fourth-order valence-electron chi connectivity index (χ4n) is 4.12. The highest BCUT2D eigenvalue weighted by Gasteiger charge is 2.41. The second kappa shape index (κ2) is 10.4. The van der Waals surface area contributed by atoms with Crippen LogP contribution in [0.15, 0.2) is 53.5 Å². The molecular formula is C22H28FIN4O2. The third kappa shape index (κ3) is 5.22. The average molecular weight is 526 g/mol. The summed E-state index contributed by atoms with van der Waals surface area (Å²) < 4.78 is 19.6. The Morgan fingerprint density at radius 1 is 1.20 bits per heavy atom. The molecule has 0 amide bonds. The van der Waals surface area contributed by atoms with Crippen LogP contribution in [0.4, 0.5) is 4.39 Å². The molecule has 2 saturated heterocycles. The number of hydrogen-bond donors (Lipinski definition) is 2. The van der Waals surface area contributed by atoms with Gasteiger partial charge in [-0.3, -0.25) is 9.89 Å². The second-order valence-corrected chi connectivity index (χ2v) is 7.52. The molecule has 2 N–H and O–H groups in total. The summed E-state index contributed by atoms with van der Waals surface area (Å²) in [5, 5.41) is 12.6. The molecule has 6 nitrogen and oxygen atoms in total. The van der Waals surface area contributed by atoms with Crippen LogP contribution in [0.3, 0.4) is 0 Å². The molecule has 2 atom stereocenters. The average Bonchev–Trinajstić information content (AvgIpc) is 3.17. The maximum Gasteiger partial charge on any atom is 0.194 e. The van der Waals surface area contributed by atoms with Crippen molar-refractivity contribution in [3.8, 4) is 5.75 Å². The lowest BCUT2D eigenvalue weighted by atomic mass is 10.1. The number of halogens is 2. The molecule has 2 aliphatic rings. The summed E-state index contributed by atoms with van der Waals surface area (Å²) in [6, 6.07) is 15.2. The number of phenols is 1. The zero-order valence-corrected chi connectivity index (χ0v) is 19.3. The first-order valence-corrected chi connectivity index (χ1v) is 9.96. The molecule has 162 valence electrons. The zero-order valence-electron chi connectivity index (χ0n) is 17.0. The van der Waals surface area contributed by atoms with Crippen molar-refractivity contribution in [2.45, 2.75) is 25.2 Å². The van der Waals surface area contributed by atoms with Crippen molar-refractivity contribution in [2.24, 2.45) is 4.99 Å². The number of ether oxygens (including phenoxy) is 1. The van der Waals surface area contributed by atoms with E-state index in [0.717, 1.165) is 44.3 Å². The minimum absolute atomic E-state index is 0. The quantitative estimate of drug-likeness (QED) is 0.365. The van der Waals surface area contributed by atoms with Crippen molar-refractivity contribution < 1.29 is 14.2 Å². The topological polar surface area (TPSA) is 60.3 Å². The number of guanidine groups is 1. The highest BCUT2D eigenvalue weighted by atomic mass is 127. The highest BCUT2D eigenvalue weighted by molar-refractivity contribution is 14.0. The van der Waals surface area contributed by atoms with Crippen molar-refractivity contribution >= 4 is 29.9 Å². The van der Waals surface area contributed by atoms with Crippen LogP contribution in [0.5, 0.6) is 5.75 Å². The summed E-state index contributed by atoms with van der Waals surface area (Å²) in [6.45, 7) is 4.62. The lowest BCUT2D eigenvalue weighted by molar-refractivity contribution is -0.0502. The minimum Gasteiger partial charge on any atom is -0.505 e. The van der Waals surface area contributed by atoms with Crippen LogP contribution in [0, 0.1) is 5.82 Å². The monoisotopic (exact) mass is 526 g/mol. The van der Waals surface area contributed by atoms with E-state index in [1.165, 1.54) is 17.7 Å². The first kappa shape index (κ1) is 22.8. The summed E-state index contributed by atoms with van der Waals surface area (Å²) in [7, 11) is 1.75. The normalized spacial score (nSPS) is 21.8. The molecule has 0 aliphatic carbocycles. The van der Waals surface area contributed by atoms with Crippen molar-refractivity contribution in [3.05, 3.63) is 65.5 Å². The molecule has 0 bridgehead atoms. The number of phenolic OH excluding ortho intramolecular Hbond substituents is 1. The van der Waals surface area contributed by atoms with Gasteiger partial charge in [-0.2, -0.15) is 0 Å². The lowest BCUT2D eigenvalue weighted by Crippen LogP contribution is -2.50. The number of nitrogens with one attached hydrogen (secondary N) is 1. The number of benzene rings is 2. The Morgan fingerprint density at radius 2 is 2.00 bits per heavy atom. The second-order valence-electron chi connectivity index (χ2n) is 7.52. The standard InChI is InChI=1S/C22H27FN4O2.HI/c1-24-22(25-12-17-7-8-20(28)18(23)11-17)27-14-19-21(15-27)29-10-9-26(19)13-16-5-3-2-4-6-16;/h2-8,11,19,21,28H,9-10,12-15H2,1H3,(H,24,25);1H. The third-order valence-corrected chi connectivity index (χ3v) is 5.62. The van der Waals surface area contributed by atoms with Gasteiger partial charge in [-0.05, 0) is 23.3 Å². The maximum absolute atomic E-state index is 13.6. The maximum atomic E-state index is 13.6. The fourth-order valence-corrected chi connectivity index (χ4v) is 4.12. The van der Waals surface area contributed by atoms with Gasteiger partial charge in [0.2, 0.25) is 0 Å². The van der Waals surface area contributed by atoms with Crippen LogP contribution in [0.25, 0.3) is 0 Å². The molecule has 2 aromatic carbocycles. The van der Waals surface area contributed by atoms with Crippen LogP contribution in [-0.2, 0) is 17.8 Å². The molecule has 2 unspecified atom stereocenters. The van der Waals surface area contributed by atoms with E-state index >= 15 is 0 Å². The molecule has 30 heavy (non-hydrogen) atoms. The predicted molar refractivity (Wildman–Crippen MR) is 126 cm³/mol. The Balaban J connectivity index is 0.00000256. The number of morpholine rings is 1. The lowest BCUT2D eigenvalue weighted by Gasteiger charge is -2.36. The molecule has 8 heteroatoms. The van der Waals surface area contributed by atoms with Crippen LogP contribution >= 0.6 is 24.0 Å². The van der Waals surface area contributed by atoms with Crippen LogP contribution in [0.2, 0.25) is 0 Å². The largest absolute Gasteiger partial charge is 0.505 e. The van der Waals surface area contributed by atoms with Crippen molar-refractivity contribution in [2.75, 3.05) is 33.3 Å². The number of aliphatic imine (C=N–C) groups is 1. The summed E-state index contributed by atoms with van der Waals surface area (Å²) in [5.41, 5.74) is 2.06. The van der Waals surface area contributed by atoms with E-state index in [1.807, 2.05) is 6.07 Å². The highest BCUT2D eigenvalue weighted by Crippen LogP contribution is 2.25. The summed E-state index contributed by atoms with van der Waals surface area (Å²) in [4.78, 5) is 9.10. The Morgan fingerprint density at radius 3 is 2.73 bits per heavy atom. The molecule has 0 spiro atoms. The molecule has 0 aromatic heterocycles. The van der Waals surface area contributed by atoms with Crippen LogP contribution in [-0.4, -0.2) is 66.3 Å². The van der Waals surface area contributed by atoms with E-state index in [1.54, 1.807) is 13.1 Å². The van der Waals surface area contributed by atoms with Crippen LogP contribution < -0.4 is 5.32 Å². The van der Waals surface area contributed by atoms with Gasteiger partial charge in [0.25, 0.3) is 0 Å². The van der Waals surface area contributed by atoms with Gasteiger partial charge >= 0.3 is 0 Å².